The third-order valence-electron chi connectivity index (χ3n) is 4.86. The third kappa shape index (κ3) is 5.08. The van der Waals surface area contributed by atoms with Crippen LogP contribution in [0.5, 0.6) is 6.01 Å². The fourth-order valence-corrected chi connectivity index (χ4v) is 3.26. The van der Waals surface area contributed by atoms with Crippen molar-refractivity contribution in [3.05, 3.63) is 62.6 Å². The summed E-state index contributed by atoms with van der Waals surface area (Å²) in [6, 6.07) is 6.85. The van der Waals surface area contributed by atoms with E-state index >= 15 is 0 Å². The summed E-state index contributed by atoms with van der Waals surface area (Å²) in [4.78, 5) is 39.7. The van der Waals surface area contributed by atoms with Gasteiger partial charge in [-0.25, -0.2) is 4.79 Å². The Labute approximate surface area is 182 Å². The van der Waals surface area contributed by atoms with Crippen LogP contribution < -0.4 is 15.9 Å². The average Bonchev–Trinajstić information content (AvgIpc) is 3.26. The molecule has 10 nitrogen and oxygen atoms in total. The number of rotatable bonds is 10. The van der Waals surface area contributed by atoms with Gasteiger partial charge in [0.2, 0.25) is 5.71 Å². The Morgan fingerprint density at radius 1 is 1.09 bits per heavy atom. The van der Waals surface area contributed by atoms with Gasteiger partial charge in [-0.2, -0.15) is 9.97 Å². The molecule has 0 saturated carbocycles. The topological polar surface area (TPSA) is 137 Å². The predicted octanol–water partition coefficient (Wildman–Crippen LogP) is 3.07. The number of H-pyrrole nitrogens is 1. The number of nitrogens with zero attached hydrogens (tertiary/aromatic N) is 4. The molecule has 166 valence electrons. The monoisotopic (exact) mass is 437 g/mol. The molecule has 10 heteroatoms. The molecule has 0 saturated heterocycles. The predicted molar refractivity (Wildman–Crippen MR) is 115 cm³/mol. The lowest BCUT2D eigenvalue weighted by Crippen LogP contribution is -2.15. The smallest absolute Gasteiger partial charge is 0.337 e. The fraction of sp³-hybridized carbons (Fsp3) is 0.364. The van der Waals surface area contributed by atoms with Crippen molar-refractivity contribution in [2.24, 2.45) is 0 Å². The van der Waals surface area contributed by atoms with Crippen LogP contribution in [0.25, 0.3) is 22.7 Å². The number of nitrogens with one attached hydrogen (secondary N) is 1. The zero-order valence-corrected chi connectivity index (χ0v) is 17.7. The molecule has 0 atom stereocenters. The van der Waals surface area contributed by atoms with Gasteiger partial charge in [0, 0.05) is 18.7 Å². The Balaban J connectivity index is 1.33. The zero-order chi connectivity index (χ0) is 22.3. The van der Waals surface area contributed by atoms with Gasteiger partial charge in [0.15, 0.2) is 5.82 Å². The summed E-state index contributed by atoms with van der Waals surface area (Å²) < 4.78 is 15.9. The summed E-state index contributed by atoms with van der Waals surface area (Å²) >= 11 is 0. The first kappa shape index (κ1) is 21.4. The summed E-state index contributed by atoms with van der Waals surface area (Å²) in [6.45, 7) is 2.36. The van der Waals surface area contributed by atoms with E-state index in [2.05, 4.69) is 25.1 Å². The van der Waals surface area contributed by atoms with E-state index in [4.69, 9.17) is 13.7 Å². The van der Waals surface area contributed by atoms with Crippen LogP contribution in [0.4, 0.5) is 0 Å². The number of aryl methyl sites for hydroxylation is 2. The quantitative estimate of drug-likeness (QED) is 0.371. The maximum atomic E-state index is 12.5. The Bertz CT molecular complexity index is 1300. The minimum Gasteiger partial charge on any atom is -0.465 e. The Hall–Kier alpha value is -3.82. The third-order valence-corrected chi connectivity index (χ3v) is 4.86. The lowest BCUT2D eigenvalue weighted by atomic mass is 10.1. The van der Waals surface area contributed by atoms with Crippen LogP contribution in [-0.4, -0.2) is 31.7 Å². The van der Waals surface area contributed by atoms with Gasteiger partial charge >= 0.3 is 5.63 Å². The van der Waals surface area contributed by atoms with Gasteiger partial charge in [-0.15, -0.1) is 0 Å². The highest BCUT2D eigenvalue weighted by molar-refractivity contribution is 5.75. The molecule has 0 fully saturated rings. The van der Waals surface area contributed by atoms with E-state index in [9.17, 15) is 9.59 Å². The molecule has 0 aliphatic heterocycles. The van der Waals surface area contributed by atoms with E-state index in [0.29, 0.717) is 54.2 Å². The van der Waals surface area contributed by atoms with E-state index in [1.54, 1.807) is 12.3 Å². The molecule has 0 amide bonds. The highest BCUT2D eigenvalue weighted by Crippen LogP contribution is 2.16. The van der Waals surface area contributed by atoms with E-state index in [1.165, 1.54) is 6.07 Å². The molecule has 0 spiro atoms. The first-order chi connectivity index (χ1) is 15.6. The molecule has 4 rings (SSSR count). The Morgan fingerprint density at radius 2 is 2.00 bits per heavy atom. The molecule has 0 aromatic carbocycles. The number of aromatic amines is 1. The molecular weight excluding hydrogens is 414 g/mol. The summed E-state index contributed by atoms with van der Waals surface area (Å²) in [5.74, 6) is 0.971. The fourth-order valence-electron chi connectivity index (χ4n) is 3.26. The normalized spacial score (nSPS) is 11.2. The Morgan fingerprint density at radius 3 is 2.81 bits per heavy atom. The maximum Gasteiger partial charge on any atom is 0.337 e. The molecule has 4 aromatic heterocycles. The van der Waals surface area contributed by atoms with Crippen molar-refractivity contribution < 1.29 is 13.7 Å². The first-order valence-corrected chi connectivity index (χ1v) is 10.6. The summed E-state index contributed by atoms with van der Waals surface area (Å²) in [7, 11) is 0. The van der Waals surface area contributed by atoms with Gasteiger partial charge < -0.3 is 13.7 Å². The van der Waals surface area contributed by atoms with Gasteiger partial charge in [0.1, 0.15) is 11.1 Å². The summed E-state index contributed by atoms with van der Waals surface area (Å²) in [6.07, 6.45) is 6.12. The molecule has 0 radical (unpaired) electrons. The standard InChI is InChI=1S/C22H23N5O5/c1-2-3-8-14-13-17(28)31-21-18(14)19(29)25-22(26-21)30-12-7-5-10-16-24-20(32-27-16)15-9-4-6-11-23-15/h4,6,9,11,13H,2-3,5,7-8,10,12H2,1H3,(H,25,26,29). The lowest BCUT2D eigenvalue weighted by molar-refractivity contribution is 0.281. The minimum absolute atomic E-state index is 0.00352. The van der Waals surface area contributed by atoms with Gasteiger partial charge in [0.05, 0.1) is 6.61 Å². The van der Waals surface area contributed by atoms with Crippen molar-refractivity contribution >= 4 is 11.1 Å². The second-order valence-electron chi connectivity index (χ2n) is 7.28. The first-order valence-electron chi connectivity index (χ1n) is 10.6. The second kappa shape index (κ2) is 9.99. The Kier molecular flexibility index (Phi) is 6.69. The van der Waals surface area contributed by atoms with Crippen LogP contribution in [0.2, 0.25) is 0 Å². The summed E-state index contributed by atoms with van der Waals surface area (Å²) in [5.41, 5.74) is 0.358. The van der Waals surface area contributed by atoms with E-state index in [1.807, 2.05) is 19.1 Å². The molecule has 0 bridgehead atoms. The number of fused-ring (bicyclic) bond motifs is 1. The minimum atomic E-state index is -0.530. The van der Waals surface area contributed by atoms with E-state index < -0.39 is 5.63 Å². The molecule has 32 heavy (non-hydrogen) atoms. The van der Waals surface area contributed by atoms with Crippen molar-refractivity contribution in [1.82, 2.24) is 25.1 Å². The van der Waals surface area contributed by atoms with Crippen LogP contribution in [0.15, 0.2) is 49.0 Å². The SMILES string of the molecule is CCCCc1cc(=O)oc2nc(OCCCCc3noc(-c4ccccn4)n3)[nH]c(=O)c12. The second-order valence-corrected chi connectivity index (χ2v) is 7.28. The number of pyridine rings is 1. The van der Waals surface area contributed by atoms with Crippen molar-refractivity contribution in [2.45, 2.75) is 45.4 Å². The molecule has 4 heterocycles. The van der Waals surface area contributed by atoms with Crippen molar-refractivity contribution in [1.29, 1.82) is 0 Å². The number of aromatic nitrogens is 5. The average molecular weight is 437 g/mol. The zero-order valence-electron chi connectivity index (χ0n) is 17.7. The van der Waals surface area contributed by atoms with Crippen LogP contribution >= 0.6 is 0 Å². The number of hydrogen-bond donors (Lipinski definition) is 1. The highest BCUT2D eigenvalue weighted by atomic mass is 16.5. The van der Waals surface area contributed by atoms with Crippen molar-refractivity contribution in [3.8, 4) is 17.6 Å². The lowest BCUT2D eigenvalue weighted by Gasteiger charge is -2.07. The van der Waals surface area contributed by atoms with Crippen molar-refractivity contribution in [3.63, 3.8) is 0 Å². The van der Waals surface area contributed by atoms with Gasteiger partial charge in [-0.1, -0.05) is 24.6 Å². The van der Waals surface area contributed by atoms with E-state index in [-0.39, 0.29) is 17.3 Å². The number of ether oxygens (including phenoxy) is 1. The maximum absolute atomic E-state index is 12.5. The highest BCUT2D eigenvalue weighted by Gasteiger charge is 2.13. The van der Waals surface area contributed by atoms with E-state index in [0.717, 1.165) is 19.3 Å². The molecule has 4 aromatic rings. The summed E-state index contributed by atoms with van der Waals surface area (Å²) in [5, 5.41) is 4.26. The largest absolute Gasteiger partial charge is 0.465 e. The molecule has 1 N–H and O–H groups in total. The molecule has 0 unspecified atom stereocenters. The van der Waals surface area contributed by atoms with Crippen molar-refractivity contribution in [2.75, 3.05) is 6.61 Å². The van der Waals surface area contributed by atoms with Gasteiger partial charge in [-0.05, 0) is 43.4 Å². The molecular formula is C22H23N5O5. The van der Waals surface area contributed by atoms with Gasteiger partial charge in [-0.3, -0.25) is 14.8 Å². The molecule has 0 aliphatic carbocycles. The van der Waals surface area contributed by atoms with Crippen LogP contribution in [0, 0.1) is 0 Å². The van der Waals surface area contributed by atoms with Crippen LogP contribution in [-0.2, 0) is 12.8 Å². The number of hydrogen-bond acceptors (Lipinski definition) is 9. The van der Waals surface area contributed by atoms with Gasteiger partial charge in [0.25, 0.3) is 17.5 Å². The number of unbranched alkanes of at least 4 members (excludes halogenated alkanes) is 2. The van der Waals surface area contributed by atoms with Crippen LogP contribution in [0.1, 0.15) is 44.0 Å². The van der Waals surface area contributed by atoms with Crippen LogP contribution in [0.3, 0.4) is 0 Å². The molecule has 0 aliphatic rings.